The molecule has 2 rings (SSSR count). The lowest BCUT2D eigenvalue weighted by atomic mass is 9.95. The van der Waals surface area contributed by atoms with Crippen molar-refractivity contribution in [3.63, 3.8) is 0 Å². The van der Waals surface area contributed by atoms with Crippen LogP contribution in [0.4, 0.5) is 4.39 Å². The second kappa shape index (κ2) is 7.70. The largest absolute Gasteiger partial charge is 0.384 e. The highest BCUT2D eigenvalue weighted by molar-refractivity contribution is 5.53. The van der Waals surface area contributed by atoms with Crippen molar-refractivity contribution in [2.45, 2.75) is 32.3 Å². The average Bonchev–Trinajstić information content (AvgIpc) is 2.52. The molecule has 1 aromatic carbocycles. The lowest BCUT2D eigenvalue weighted by molar-refractivity contribution is 0.211. The van der Waals surface area contributed by atoms with Crippen molar-refractivity contribution < 1.29 is 9.50 Å². The summed E-state index contributed by atoms with van der Waals surface area (Å²) in [5, 5.41) is 10.5. The van der Waals surface area contributed by atoms with E-state index in [4.69, 9.17) is 0 Å². The topological polar surface area (TPSA) is 33.1 Å². The van der Waals surface area contributed by atoms with Gasteiger partial charge in [-0.05, 0) is 47.7 Å². The van der Waals surface area contributed by atoms with E-state index < -0.39 is 6.10 Å². The number of benzene rings is 1. The Labute approximate surface area is 125 Å². The summed E-state index contributed by atoms with van der Waals surface area (Å²) in [5.74, 6) is -0.294. The molecule has 0 aliphatic rings. The molecule has 1 unspecified atom stereocenters. The van der Waals surface area contributed by atoms with Gasteiger partial charge in [0.05, 0.1) is 0 Å². The average molecular weight is 285 g/mol. The summed E-state index contributed by atoms with van der Waals surface area (Å²) < 4.78 is 13.0. The number of aliphatic hydroxyl groups excluding tert-OH is 1. The number of rotatable bonds is 6. The van der Waals surface area contributed by atoms with Gasteiger partial charge in [-0.1, -0.05) is 37.6 Å². The lowest BCUT2D eigenvalue weighted by Gasteiger charge is -2.16. The van der Waals surface area contributed by atoms with Gasteiger partial charge in [-0.15, -0.1) is 0 Å². The van der Waals surface area contributed by atoms with Gasteiger partial charge in [-0.2, -0.15) is 0 Å². The maximum atomic E-state index is 13.0. The van der Waals surface area contributed by atoms with Crippen LogP contribution in [0.15, 0.2) is 54.4 Å². The Morgan fingerprint density at radius 2 is 2.05 bits per heavy atom. The molecule has 1 atom stereocenters. The van der Waals surface area contributed by atoms with Crippen molar-refractivity contribution >= 4 is 6.08 Å². The van der Waals surface area contributed by atoms with Crippen LogP contribution in [0, 0.1) is 5.82 Å². The summed E-state index contributed by atoms with van der Waals surface area (Å²) in [6.45, 7) is 2.12. The molecule has 0 aliphatic heterocycles. The van der Waals surface area contributed by atoms with Crippen molar-refractivity contribution in [2.75, 3.05) is 0 Å². The number of unbranched alkanes of at least 4 members (excludes halogenated alkanes) is 1. The zero-order valence-electron chi connectivity index (χ0n) is 12.2. The Morgan fingerprint density at radius 1 is 1.29 bits per heavy atom. The first kappa shape index (κ1) is 15.4. The van der Waals surface area contributed by atoms with Crippen LogP contribution in [0.25, 0.3) is 6.08 Å². The number of halogens is 1. The summed E-state index contributed by atoms with van der Waals surface area (Å²) in [6, 6.07) is 9.83. The third-order valence-electron chi connectivity index (χ3n) is 3.39. The van der Waals surface area contributed by atoms with E-state index in [1.165, 1.54) is 12.1 Å². The quantitative estimate of drug-likeness (QED) is 0.846. The van der Waals surface area contributed by atoms with Gasteiger partial charge < -0.3 is 5.11 Å². The van der Waals surface area contributed by atoms with Gasteiger partial charge in [0.15, 0.2) is 0 Å². The van der Waals surface area contributed by atoms with Gasteiger partial charge in [0.1, 0.15) is 11.9 Å². The normalized spacial score (nSPS) is 13.2. The molecule has 1 heterocycles. The summed E-state index contributed by atoms with van der Waals surface area (Å²) in [7, 11) is 0. The van der Waals surface area contributed by atoms with Gasteiger partial charge in [0, 0.05) is 12.4 Å². The minimum absolute atomic E-state index is 0.294. The fraction of sp³-hybridized carbons (Fsp3) is 0.278. The number of hydrogen-bond donors (Lipinski definition) is 1. The predicted molar refractivity (Wildman–Crippen MR) is 83.1 cm³/mol. The first-order valence-electron chi connectivity index (χ1n) is 7.24. The number of aromatic nitrogens is 1. The van der Waals surface area contributed by atoms with Crippen LogP contribution in [0.1, 0.15) is 43.4 Å². The highest BCUT2D eigenvalue weighted by Gasteiger charge is 2.13. The molecule has 0 saturated heterocycles. The Morgan fingerprint density at radius 3 is 2.67 bits per heavy atom. The highest BCUT2D eigenvalue weighted by atomic mass is 19.1. The Kier molecular flexibility index (Phi) is 5.64. The molecule has 1 aromatic heterocycles. The van der Waals surface area contributed by atoms with Crippen LogP contribution in [-0.4, -0.2) is 10.1 Å². The van der Waals surface area contributed by atoms with Crippen LogP contribution in [0.3, 0.4) is 0 Å². The third-order valence-corrected chi connectivity index (χ3v) is 3.39. The molecular formula is C18H20FNO. The Hall–Kier alpha value is -2.00. The van der Waals surface area contributed by atoms with Crippen molar-refractivity contribution in [1.29, 1.82) is 0 Å². The molecule has 0 fully saturated rings. The minimum atomic E-state index is -0.711. The maximum Gasteiger partial charge on any atom is 0.123 e. The van der Waals surface area contributed by atoms with Crippen LogP contribution >= 0.6 is 0 Å². The fourth-order valence-electron chi connectivity index (χ4n) is 2.20. The fourth-order valence-corrected chi connectivity index (χ4v) is 2.20. The molecule has 21 heavy (non-hydrogen) atoms. The summed E-state index contributed by atoms with van der Waals surface area (Å²) in [5.41, 5.74) is 2.60. The molecule has 3 heteroatoms. The molecule has 0 aliphatic carbocycles. The number of pyridine rings is 1. The van der Waals surface area contributed by atoms with Gasteiger partial charge in [-0.3, -0.25) is 4.98 Å². The first-order chi connectivity index (χ1) is 10.2. The standard InChI is InChI=1S/C18H20FNO/c1-2-3-6-16(12-14-5-4-11-20-13-14)18(21)15-7-9-17(19)10-8-15/h4-5,7-13,18,21H,2-3,6H2,1H3. The first-order valence-corrected chi connectivity index (χ1v) is 7.24. The van der Waals surface area contributed by atoms with E-state index in [1.54, 1.807) is 24.5 Å². The van der Waals surface area contributed by atoms with Crippen molar-refractivity contribution in [2.24, 2.45) is 0 Å². The van der Waals surface area contributed by atoms with E-state index in [2.05, 4.69) is 11.9 Å². The maximum absolute atomic E-state index is 13.0. The minimum Gasteiger partial charge on any atom is -0.384 e. The van der Waals surface area contributed by atoms with E-state index in [0.29, 0.717) is 5.56 Å². The molecule has 2 aromatic rings. The molecule has 0 bridgehead atoms. The monoisotopic (exact) mass is 285 g/mol. The van der Waals surface area contributed by atoms with Gasteiger partial charge in [0.25, 0.3) is 0 Å². The van der Waals surface area contributed by atoms with Crippen molar-refractivity contribution in [3.05, 3.63) is 71.3 Å². The van der Waals surface area contributed by atoms with E-state index in [9.17, 15) is 9.50 Å². The summed E-state index contributed by atoms with van der Waals surface area (Å²) in [4.78, 5) is 4.09. The van der Waals surface area contributed by atoms with E-state index in [-0.39, 0.29) is 5.82 Å². The molecule has 0 spiro atoms. The van der Waals surface area contributed by atoms with E-state index >= 15 is 0 Å². The number of aliphatic hydroxyl groups is 1. The SMILES string of the molecule is CCCCC(=Cc1cccnc1)C(O)c1ccc(F)cc1. The zero-order valence-corrected chi connectivity index (χ0v) is 12.2. The second-order valence-electron chi connectivity index (χ2n) is 5.06. The molecule has 0 saturated carbocycles. The van der Waals surface area contributed by atoms with Gasteiger partial charge in [0.2, 0.25) is 0 Å². The molecule has 110 valence electrons. The molecule has 0 radical (unpaired) electrons. The zero-order chi connectivity index (χ0) is 15.1. The summed E-state index contributed by atoms with van der Waals surface area (Å²) in [6.07, 6.45) is 7.62. The van der Waals surface area contributed by atoms with Crippen molar-refractivity contribution in [1.82, 2.24) is 4.98 Å². The third kappa shape index (κ3) is 4.50. The van der Waals surface area contributed by atoms with Gasteiger partial charge >= 0.3 is 0 Å². The molecule has 1 N–H and O–H groups in total. The number of nitrogens with zero attached hydrogens (tertiary/aromatic N) is 1. The van der Waals surface area contributed by atoms with Crippen LogP contribution in [0.5, 0.6) is 0 Å². The smallest absolute Gasteiger partial charge is 0.123 e. The molecular weight excluding hydrogens is 265 g/mol. The predicted octanol–water partition coefficient (Wildman–Crippen LogP) is 4.53. The van der Waals surface area contributed by atoms with E-state index in [1.807, 2.05) is 18.2 Å². The van der Waals surface area contributed by atoms with Crippen LogP contribution in [0.2, 0.25) is 0 Å². The molecule has 2 nitrogen and oxygen atoms in total. The lowest BCUT2D eigenvalue weighted by Crippen LogP contribution is -2.02. The van der Waals surface area contributed by atoms with Crippen molar-refractivity contribution in [3.8, 4) is 0 Å². The summed E-state index contributed by atoms with van der Waals surface area (Å²) >= 11 is 0. The van der Waals surface area contributed by atoms with Gasteiger partial charge in [-0.25, -0.2) is 4.39 Å². The number of hydrogen-bond acceptors (Lipinski definition) is 2. The van der Waals surface area contributed by atoms with Crippen LogP contribution < -0.4 is 0 Å². The highest BCUT2D eigenvalue weighted by Crippen LogP contribution is 2.27. The van der Waals surface area contributed by atoms with E-state index in [0.717, 1.165) is 30.4 Å². The Bertz CT molecular complexity index is 578. The second-order valence-corrected chi connectivity index (χ2v) is 5.06. The molecule has 0 amide bonds. The Balaban J connectivity index is 2.26. The van der Waals surface area contributed by atoms with Crippen LogP contribution in [-0.2, 0) is 0 Å².